The molecule has 6 heteroatoms. The van der Waals surface area contributed by atoms with Crippen molar-refractivity contribution in [1.82, 2.24) is 0 Å². The average molecular weight is 651 g/mol. The molecule has 3 aliphatic rings. The van der Waals surface area contributed by atoms with Crippen LogP contribution in [0.5, 0.6) is 23.0 Å². The van der Waals surface area contributed by atoms with E-state index in [1.165, 1.54) is 92.2 Å². The van der Waals surface area contributed by atoms with Gasteiger partial charge in [-0.3, -0.25) is 0 Å². The highest BCUT2D eigenvalue weighted by molar-refractivity contribution is 5.53. The molecule has 0 aromatic heterocycles. The van der Waals surface area contributed by atoms with Gasteiger partial charge >= 0.3 is 0 Å². The molecule has 0 saturated heterocycles. The molecule has 3 fully saturated rings. The van der Waals surface area contributed by atoms with Gasteiger partial charge in [0.1, 0.15) is 34.6 Å². The van der Waals surface area contributed by atoms with Crippen LogP contribution < -0.4 is 20.9 Å². The second-order valence-electron chi connectivity index (χ2n) is 14.4. The lowest BCUT2D eigenvalue weighted by Crippen LogP contribution is -2.31. The third kappa shape index (κ3) is 6.76. The van der Waals surface area contributed by atoms with Crippen molar-refractivity contribution in [2.45, 2.75) is 114 Å². The molecule has 4 aromatic rings. The van der Waals surface area contributed by atoms with E-state index >= 15 is 0 Å². The van der Waals surface area contributed by atoms with E-state index in [0.29, 0.717) is 23.3 Å². The van der Waals surface area contributed by atoms with E-state index < -0.39 is 11.6 Å². The standard InChI is InChI=1S/C42H48F2N2O2/c43-36-26-32(16-18-38(36)45)47-40-20-14-30(24-34(40)28-10-4-1-5-11-28)42(22-8-3-9-23-42)31-15-21-41(35(25-31)29-12-6-2-7-13-29)48-33-17-19-39(46)37(44)27-33/h14-21,24-29H,1-13,22-23,45-46H2. The minimum absolute atomic E-state index is 0.120. The van der Waals surface area contributed by atoms with Crippen molar-refractivity contribution in [2.24, 2.45) is 0 Å². The van der Waals surface area contributed by atoms with Crippen LogP contribution in [-0.4, -0.2) is 0 Å². The zero-order valence-electron chi connectivity index (χ0n) is 27.9. The molecule has 0 spiro atoms. The summed E-state index contributed by atoms with van der Waals surface area (Å²) < 4.78 is 41.6. The van der Waals surface area contributed by atoms with Crippen LogP contribution in [0.1, 0.15) is 130 Å². The zero-order chi connectivity index (χ0) is 33.1. The van der Waals surface area contributed by atoms with E-state index in [2.05, 4.69) is 36.4 Å². The maximum absolute atomic E-state index is 14.4. The Balaban J connectivity index is 1.30. The van der Waals surface area contributed by atoms with E-state index in [1.54, 1.807) is 24.3 Å². The Kier molecular flexibility index (Phi) is 9.61. The third-order valence-electron chi connectivity index (χ3n) is 11.3. The highest BCUT2D eigenvalue weighted by Gasteiger charge is 2.38. The van der Waals surface area contributed by atoms with Crippen molar-refractivity contribution in [3.63, 3.8) is 0 Å². The van der Waals surface area contributed by atoms with Crippen molar-refractivity contribution in [2.75, 3.05) is 11.5 Å². The molecule has 48 heavy (non-hydrogen) atoms. The first-order valence-electron chi connectivity index (χ1n) is 18.1. The first kappa shape index (κ1) is 32.5. The molecule has 0 amide bonds. The van der Waals surface area contributed by atoms with Crippen molar-refractivity contribution < 1.29 is 18.3 Å². The van der Waals surface area contributed by atoms with E-state index in [0.717, 1.165) is 50.0 Å². The summed E-state index contributed by atoms with van der Waals surface area (Å²) in [6.07, 6.45) is 17.6. The molecular formula is C42H48F2N2O2. The number of rotatable bonds is 8. The predicted octanol–water partition coefficient (Wildman–Crippen LogP) is 12.1. The quantitative estimate of drug-likeness (QED) is 0.186. The zero-order valence-corrected chi connectivity index (χ0v) is 27.9. The number of nitrogen functional groups attached to an aromatic ring is 2. The maximum atomic E-state index is 14.4. The largest absolute Gasteiger partial charge is 0.457 e. The molecule has 4 N–H and O–H groups in total. The first-order chi connectivity index (χ1) is 23.4. The molecule has 3 saturated carbocycles. The second-order valence-corrected chi connectivity index (χ2v) is 14.4. The lowest BCUT2D eigenvalue weighted by atomic mass is 9.64. The molecule has 0 atom stereocenters. The topological polar surface area (TPSA) is 70.5 Å². The summed E-state index contributed by atoms with van der Waals surface area (Å²) >= 11 is 0. The van der Waals surface area contributed by atoms with Crippen LogP contribution in [0.4, 0.5) is 20.2 Å². The number of hydrogen-bond donors (Lipinski definition) is 2. The number of hydrogen-bond acceptors (Lipinski definition) is 4. The Bertz CT molecular complexity index is 1620. The lowest BCUT2D eigenvalue weighted by molar-refractivity contribution is 0.343. The summed E-state index contributed by atoms with van der Waals surface area (Å²) in [6, 6.07) is 23.0. The molecule has 252 valence electrons. The van der Waals surface area contributed by atoms with Crippen LogP contribution in [-0.2, 0) is 5.41 Å². The summed E-state index contributed by atoms with van der Waals surface area (Å²) in [5.74, 6) is 2.43. The monoisotopic (exact) mass is 650 g/mol. The fourth-order valence-corrected chi connectivity index (χ4v) is 8.64. The summed E-state index contributed by atoms with van der Waals surface area (Å²) in [5, 5.41) is 0. The van der Waals surface area contributed by atoms with Crippen LogP contribution >= 0.6 is 0 Å². The van der Waals surface area contributed by atoms with Crippen molar-refractivity contribution in [3.05, 3.63) is 107 Å². The van der Waals surface area contributed by atoms with Crippen LogP contribution in [0, 0.1) is 11.6 Å². The Morgan fingerprint density at radius 2 is 0.917 bits per heavy atom. The molecule has 0 heterocycles. The minimum atomic E-state index is -0.466. The van der Waals surface area contributed by atoms with Crippen molar-refractivity contribution in [3.8, 4) is 23.0 Å². The van der Waals surface area contributed by atoms with Gasteiger partial charge in [0.25, 0.3) is 0 Å². The predicted molar refractivity (Wildman–Crippen MR) is 190 cm³/mol. The molecule has 0 radical (unpaired) electrons. The summed E-state index contributed by atoms with van der Waals surface area (Å²) in [5.41, 5.74) is 16.8. The molecule has 4 nitrogen and oxygen atoms in total. The number of halogens is 2. The molecule has 3 aliphatic carbocycles. The van der Waals surface area contributed by atoms with Gasteiger partial charge in [0.15, 0.2) is 0 Å². The smallest absolute Gasteiger partial charge is 0.149 e. The average Bonchev–Trinajstić information content (AvgIpc) is 3.13. The molecule has 0 unspecified atom stereocenters. The first-order valence-corrected chi connectivity index (χ1v) is 18.1. The summed E-state index contributed by atoms with van der Waals surface area (Å²) in [4.78, 5) is 0. The van der Waals surface area contributed by atoms with Gasteiger partial charge in [-0.15, -0.1) is 0 Å². The molecule has 4 aromatic carbocycles. The van der Waals surface area contributed by atoms with Gasteiger partial charge in [-0.2, -0.15) is 0 Å². The van der Waals surface area contributed by atoms with Gasteiger partial charge in [0, 0.05) is 17.5 Å². The van der Waals surface area contributed by atoms with E-state index in [4.69, 9.17) is 20.9 Å². The van der Waals surface area contributed by atoms with Crippen molar-refractivity contribution in [1.29, 1.82) is 0 Å². The van der Waals surface area contributed by atoms with Gasteiger partial charge < -0.3 is 20.9 Å². The Morgan fingerprint density at radius 3 is 1.33 bits per heavy atom. The summed E-state index contributed by atoms with van der Waals surface area (Å²) in [7, 11) is 0. The van der Waals surface area contributed by atoms with Crippen LogP contribution in [0.15, 0.2) is 72.8 Å². The van der Waals surface area contributed by atoms with Crippen LogP contribution in [0.3, 0.4) is 0 Å². The minimum Gasteiger partial charge on any atom is -0.457 e. The van der Waals surface area contributed by atoms with E-state index in [1.807, 2.05) is 0 Å². The molecule has 7 rings (SSSR count). The van der Waals surface area contributed by atoms with E-state index in [9.17, 15) is 8.78 Å². The van der Waals surface area contributed by atoms with Gasteiger partial charge in [-0.05, 0) is 109 Å². The van der Waals surface area contributed by atoms with Gasteiger partial charge in [0.2, 0.25) is 0 Å². The fourth-order valence-electron chi connectivity index (χ4n) is 8.64. The number of ether oxygens (including phenoxy) is 2. The summed E-state index contributed by atoms with van der Waals surface area (Å²) in [6.45, 7) is 0. The van der Waals surface area contributed by atoms with Crippen LogP contribution in [0.2, 0.25) is 0 Å². The maximum Gasteiger partial charge on any atom is 0.149 e. The number of benzene rings is 4. The molecule has 0 bridgehead atoms. The molecular weight excluding hydrogens is 602 g/mol. The second kappa shape index (κ2) is 14.2. The van der Waals surface area contributed by atoms with Gasteiger partial charge in [-0.1, -0.05) is 82.1 Å². The van der Waals surface area contributed by atoms with Crippen LogP contribution in [0.25, 0.3) is 0 Å². The van der Waals surface area contributed by atoms with Crippen molar-refractivity contribution >= 4 is 11.4 Å². The van der Waals surface area contributed by atoms with Gasteiger partial charge in [0.05, 0.1) is 11.4 Å². The number of anilines is 2. The highest BCUT2D eigenvalue weighted by Crippen LogP contribution is 2.50. The van der Waals surface area contributed by atoms with Gasteiger partial charge in [-0.25, -0.2) is 8.78 Å². The highest BCUT2D eigenvalue weighted by atomic mass is 19.1. The fraction of sp³-hybridized carbons (Fsp3) is 0.429. The Labute approximate surface area is 283 Å². The third-order valence-corrected chi connectivity index (χ3v) is 11.3. The normalized spacial score (nSPS) is 18.8. The lowest BCUT2D eigenvalue weighted by Gasteiger charge is -2.40. The number of nitrogens with two attached hydrogens (primary N) is 2. The molecule has 0 aliphatic heterocycles. The Morgan fingerprint density at radius 1 is 0.500 bits per heavy atom. The van der Waals surface area contributed by atoms with E-state index in [-0.39, 0.29) is 16.8 Å². The SMILES string of the molecule is Nc1ccc(Oc2ccc(C3(c4ccc(Oc5ccc(N)c(F)c5)c(C5CCCCC5)c4)CCCCC3)cc2C2CCCCC2)cc1F. The Hall–Kier alpha value is -4.06.